The van der Waals surface area contributed by atoms with Crippen LogP contribution >= 0.6 is 11.6 Å². The predicted molar refractivity (Wildman–Crippen MR) is 143 cm³/mol. The van der Waals surface area contributed by atoms with Crippen LogP contribution in [0.3, 0.4) is 0 Å². The number of para-hydroxylation sites is 1. The third-order valence-corrected chi connectivity index (χ3v) is 7.85. The Hall–Kier alpha value is -3.74. The van der Waals surface area contributed by atoms with Gasteiger partial charge < -0.3 is 9.80 Å². The highest BCUT2D eigenvalue weighted by Crippen LogP contribution is 2.36. The zero-order chi connectivity index (χ0) is 25.2. The maximum absolute atomic E-state index is 13.8. The monoisotopic (exact) mass is 514 g/mol. The molecular weight excluding hydrogens is 492 g/mol. The number of rotatable bonds is 5. The van der Waals surface area contributed by atoms with E-state index in [0.717, 1.165) is 11.3 Å². The van der Waals surface area contributed by atoms with Crippen LogP contribution in [0.1, 0.15) is 33.2 Å². The van der Waals surface area contributed by atoms with Crippen LogP contribution in [0.15, 0.2) is 107 Å². The average Bonchev–Trinajstić information content (AvgIpc) is 2.99. The first-order valence-electron chi connectivity index (χ1n) is 11.6. The molecule has 0 saturated heterocycles. The van der Waals surface area contributed by atoms with Gasteiger partial charge >= 0.3 is 0 Å². The highest BCUT2D eigenvalue weighted by Gasteiger charge is 2.32. The van der Waals surface area contributed by atoms with Gasteiger partial charge in [0.1, 0.15) is 0 Å². The molecule has 1 heterocycles. The van der Waals surface area contributed by atoms with Crippen molar-refractivity contribution < 1.29 is 13.8 Å². The standard InChI is InChI=1S/C29H23ClN2O3S/c1-2-31(23-11-4-3-5-12-23)28(33)21-15-16-27-25(18-21)32(19-20-9-8-10-22(30)17-20)29(34)24-13-6-7-14-26(24)36(27)35/h3-18H,2,19H2,1H3/t36-/m1/s1. The molecule has 5 nitrogen and oxygen atoms in total. The fourth-order valence-corrected chi connectivity index (χ4v) is 5.94. The van der Waals surface area contributed by atoms with Crippen molar-refractivity contribution in [3.63, 3.8) is 0 Å². The van der Waals surface area contributed by atoms with Crippen molar-refractivity contribution in [2.75, 3.05) is 16.3 Å². The predicted octanol–water partition coefficient (Wildman–Crippen LogP) is 6.33. The van der Waals surface area contributed by atoms with E-state index in [-0.39, 0.29) is 18.4 Å². The molecule has 0 radical (unpaired) electrons. The quantitative estimate of drug-likeness (QED) is 0.312. The van der Waals surface area contributed by atoms with Crippen molar-refractivity contribution >= 4 is 45.6 Å². The van der Waals surface area contributed by atoms with E-state index in [0.29, 0.717) is 38.2 Å². The Labute approximate surface area is 217 Å². The van der Waals surface area contributed by atoms with E-state index in [2.05, 4.69) is 0 Å². The molecule has 1 aliphatic heterocycles. The van der Waals surface area contributed by atoms with Gasteiger partial charge in [-0.05, 0) is 67.1 Å². The molecule has 4 aromatic carbocycles. The summed E-state index contributed by atoms with van der Waals surface area (Å²) in [4.78, 5) is 31.6. The summed E-state index contributed by atoms with van der Waals surface area (Å²) in [5.41, 5.74) is 2.84. The summed E-state index contributed by atoms with van der Waals surface area (Å²) >= 11 is 6.21. The van der Waals surface area contributed by atoms with Crippen LogP contribution < -0.4 is 9.80 Å². The summed E-state index contributed by atoms with van der Waals surface area (Å²) in [7, 11) is -1.59. The van der Waals surface area contributed by atoms with Gasteiger partial charge in [0, 0.05) is 22.8 Å². The van der Waals surface area contributed by atoms with Gasteiger partial charge in [0.05, 0.1) is 38.4 Å². The second-order valence-electron chi connectivity index (χ2n) is 8.35. The lowest BCUT2D eigenvalue weighted by Crippen LogP contribution is -2.32. The Bertz CT molecular complexity index is 1490. The van der Waals surface area contributed by atoms with Crippen LogP contribution in [0.5, 0.6) is 0 Å². The topological polar surface area (TPSA) is 57.7 Å². The maximum Gasteiger partial charge on any atom is 0.259 e. The van der Waals surface area contributed by atoms with Crippen LogP contribution in [-0.2, 0) is 17.3 Å². The Kier molecular flexibility index (Phi) is 6.72. The molecule has 0 fully saturated rings. The zero-order valence-corrected chi connectivity index (χ0v) is 21.1. The van der Waals surface area contributed by atoms with Crippen molar-refractivity contribution in [3.05, 3.63) is 119 Å². The number of carbonyl (C=O) groups is 2. The maximum atomic E-state index is 13.8. The third kappa shape index (κ3) is 4.45. The molecule has 5 rings (SSSR count). The van der Waals surface area contributed by atoms with Gasteiger partial charge in [0.15, 0.2) is 0 Å². The van der Waals surface area contributed by atoms with Gasteiger partial charge in [0.25, 0.3) is 11.8 Å². The van der Waals surface area contributed by atoms with Gasteiger partial charge in [-0.3, -0.25) is 9.59 Å². The second-order valence-corrected chi connectivity index (χ2v) is 10.2. The fraction of sp³-hybridized carbons (Fsp3) is 0.103. The molecule has 0 unspecified atom stereocenters. The number of fused-ring (bicyclic) bond motifs is 2. The van der Waals surface area contributed by atoms with Gasteiger partial charge in [-0.2, -0.15) is 0 Å². The Morgan fingerprint density at radius 1 is 0.889 bits per heavy atom. The minimum atomic E-state index is -1.59. The fourth-order valence-electron chi connectivity index (χ4n) is 4.38. The number of amides is 2. The molecule has 0 N–H and O–H groups in total. The molecule has 0 aliphatic carbocycles. The lowest BCUT2D eigenvalue weighted by Gasteiger charge is -2.25. The van der Waals surface area contributed by atoms with Crippen LogP contribution in [0.25, 0.3) is 0 Å². The number of halogens is 1. The van der Waals surface area contributed by atoms with Crippen molar-refractivity contribution in [1.29, 1.82) is 0 Å². The highest BCUT2D eigenvalue weighted by atomic mass is 35.5. The molecule has 4 aromatic rings. The minimum Gasteiger partial charge on any atom is -0.309 e. The molecule has 36 heavy (non-hydrogen) atoms. The molecule has 0 saturated carbocycles. The first kappa shape index (κ1) is 24.0. The summed E-state index contributed by atoms with van der Waals surface area (Å²) in [6.45, 7) is 2.60. The van der Waals surface area contributed by atoms with E-state index in [1.807, 2.05) is 49.4 Å². The summed E-state index contributed by atoms with van der Waals surface area (Å²) < 4.78 is 13.6. The SMILES string of the molecule is CCN(C(=O)c1ccc2c(c1)N(Cc1cccc(Cl)c1)C(=O)c1ccccc1[S@]2=O)c1ccccc1. The smallest absolute Gasteiger partial charge is 0.259 e. The lowest BCUT2D eigenvalue weighted by atomic mass is 10.1. The first-order chi connectivity index (χ1) is 17.5. The van der Waals surface area contributed by atoms with Crippen molar-refractivity contribution in [1.82, 2.24) is 0 Å². The lowest BCUT2D eigenvalue weighted by molar-refractivity contribution is 0.0974. The van der Waals surface area contributed by atoms with Gasteiger partial charge in [0.2, 0.25) is 0 Å². The third-order valence-electron chi connectivity index (χ3n) is 6.12. The molecular formula is C29H23ClN2O3S. The molecule has 2 amide bonds. The van der Waals surface area contributed by atoms with Gasteiger partial charge in [-0.1, -0.05) is 54.1 Å². The normalized spacial score (nSPS) is 14.6. The van der Waals surface area contributed by atoms with E-state index < -0.39 is 10.8 Å². The number of carbonyl (C=O) groups excluding carboxylic acids is 2. The van der Waals surface area contributed by atoms with E-state index in [9.17, 15) is 13.8 Å². The molecule has 1 aliphatic rings. The van der Waals surface area contributed by atoms with E-state index in [1.54, 1.807) is 64.4 Å². The molecule has 0 aromatic heterocycles. The van der Waals surface area contributed by atoms with Crippen LogP contribution in [0, 0.1) is 0 Å². The second kappa shape index (κ2) is 10.1. The summed E-state index contributed by atoms with van der Waals surface area (Å²) in [6, 6.07) is 28.7. The largest absolute Gasteiger partial charge is 0.309 e. The van der Waals surface area contributed by atoms with E-state index >= 15 is 0 Å². The number of anilines is 2. The first-order valence-corrected chi connectivity index (χ1v) is 13.1. The summed E-state index contributed by atoms with van der Waals surface area (Å²) in [5, 5.41) is 0.560. The van der Waals surface area contributed by atoms with E-state index in [4.69, 9.17) is 11.6 Å². The average molecular weight is 515 g/mol. The van der Waals surface area contributed by atoms with Crippen molar-refractivity contribution in [3.8, 4) is 0 Å². The van der Waals surface area contributed by atoms with Crippen molar-refractivity contribution in [2.24, 2.45) is 0 Å². The molecule has 0 bridgehead atoms. The Morgan fingerprint density at radius 3 is 2.39 bits per heavy atom. The van der Waals surface area contributed by atoms with Crippen LogP contribution in [-0.4, -0.2) is 22.6 Å². The van der Waals surface area contributed by atoms with Gasteiger partial charge in [-0.25, -0.2) is 4.21 Å². The molecule has 180 valence electrons. The summed E-state index contributed by atoms with van der Waals surface area (Å²) in [5.74, 6) is -0.480. The number of benzene rings is 4. The Balaban J connectivity index is 1.64. The number of nitrogens with zero attached hydrogens (tertiary/aromatic N) is 2. The molecule has 1 atom stereocenters. The summed E-state index contributed by atoms with van der Waals surface area (Å²) in [6.07, 6.45) is 0. The molecule has 7 heteroatoms. The zero-order valence-electron chi connectivity index (χ0n) is 19.6. The van der Waals surface area contributed by atoms with Crippen LogP contribution in [0.4, 0.5) is 11.4 Å². The van der Waals surface area contributed by atoms with Crippen molar-refractivity contribution in [2.45, 2.75) is 23.3 Å². The highest BCUT2D eigenvalue weighted by molar-refractivity contribution is 7.85. The number of hydrogen-bond acceptors (Lipinski definition) is 3. The Morgan fingerprint density at radius 2 is 1.64 bits per heavy atom. The number of hydrogen-bond donors (Lipinski definition) is 0. The van der Waals surface area contributed by atoms with Gasteiger partial charge in [-0.15, -0.1) is 0 Å². The molecule has 0 spiro atoms. The van der Waals surface area contributed by atoms with Crippen LogP contribution in [0.2, 0.25) is 5.02 Å². The van der Waals surface area contributed by atoms with E-state index in [1.165, 1.54) is 0 Å². The minimum absolute atomic E-state index is 0.200.